The van der Waals surface area contributed by atoms with Gasteiger partial charge >= 0.3 is 9.28 Å². The Bertz CT molecular complexity index is 41.4. The van der Waals surface area contributed by atoms with E-state index in [-0.39, 0.29) is 0 Å². The van der Waals surface area contributed by atoms with Gasteiger partial charge in [0, 0.05) is 14.2 Å². The molecule has 0 aliphatic carbocycles. The van der Waals surface area contributed by atoms with E-state index in [1.54, 1.807) is 14.2 Å². The fourth-order valence-corrected chi connectivity index (χ4v) is 1.29. The van der Waals surface area contributed by atoms with Gasteiger partial charge in [0.2, 0.25) is 0 Å². The summed E-state index contributed by atoms with van der Waals surface area (Å²) in [6.07, 6.45) is 2.00. The van der Waals surface area contributed by atoms with Crippen molar-refractivity contribution in [2.24, 2.45) is 0 Å². The smallest absolute Gasteiger partial charge is 0.320 e. The monoisotopic (exact) mass is 163 g/mol. The first-order chi connectivity index (χ1) is 4.76. The summed E-state index contributed by atoms with van der Waals surface area (Å²) >= 11 is 0. The van der Waals surface area contributed by atoms with E-state index in [2.05, 4.69) is 6.92 Å². The summed E-state index contributed by atoms with van der Waals surface area (Å²) in [5.74, 6) is 0. The van der Waals surface area contributed by atoms with Gasteiger partial charge in [-0.05, 0) is 12.5 Å². The minimum absolute atomic E-state index is 1.05. The molecule has 0 aromatic heterocycles. The standard InChI is InChI=1S/C4H12O2Si.C3H7/c1-4-7(5-2)6-3;1-3-2/h7H,4H2,1-3H3;3H,1-2H3. The van der Waals surface area contributed by atoms with Crippen LogP contribution in [0.4, 0.5) is 0 Å². The molecule has 0 spiro atoms. The minimum Gasteiger partial charge on any atom is -0.400 e. The van der Waals surface area contributed by atoms with Crippen molar-refractivity contribution in [1.29, 1.82) is 0 Å². The van der Waals surface area contributed by atoms with Gasteiger partial charge in [-0.2, -0.15) is 0 Å². The summed E-state index contributed by atoms with van der Waals surface area (Å²) < 4.78 is 9.93. The molecule has 0 unspecified atom stereocenters. The summed E-state index contributed by atoms with van der Waals surface area (Å²) in [6.45, 7) is 6.07. The molecular formula is C7H19O2Si. The van der Waals surface area contributed by atoms with Crippen molar-refractivity contribution >= 4 is 9.28 Å². The van der Waals surface area contributed by atoms with Crippen LogP contribution in [0.2, 0.25) is 6.04 Å². The molecule has 0 saturated carbocycles. The van der Waals surface area contributed by atoms with Gasteiger partial charge in [0.25, 0.3) is 0 Å². The van der Waals surface area contributed by atoms with E-state index in [4.69, 9.17) is 8.85 Å². The molecule has 0 atom stereocenters. The second-order valence-corrected chi connectivity index (χ2v) is 4.50. The van der Waals surface area contributed by atoms with Crippen LogP contribution in [-0.4, -0.2) is 23.5 Å². The van der Waals surface area contributed by atoms with E-state index < -0.39 is 9.28 Å². The van der Waals surface area contributed by atoms with Crippen LogP contribution in [0.1, 0.15) is 20.8 Å². The third kappa shape index (κ3) is 11.0. The van der Waals surface area contributed by atoms with E-state index in [0.29, 0.717) is 0 Å². The molecule has 3 heteroatoms. The Morgan fingerprint density at radius 1 is 1.20 bits per heavy atom. The van der Waals surface area contributed by atoms with Gasteiger partial charge in [0.15, 0.2) is 0 Å². The van der Waals surface area contributed by atoms with Crippen molar-refractivity contribution < 1.29 is 8.85 Å². The summed E-state index contributed by atoms with van der Waals surface area (Å²) in [5.41, 5.74) is 0. The quantitative estimate of drug-likeness (QED) is 0.590. The van der Waals surface area contributed by atoms with Crippen molar-refractivity contribution in [3.8, 4) is 0 Å². The summed E-state index contributed by atoms with van der Waals surface area (Å²) in [6, 6.07) is 1.05. The molecule has 0 N–H and O–H groups in total. The zero-order chi connectivity index (χ0) is 8.41. The second kappa shape index (κ2) is 11.9. The lowest BCUT2D eigenvalue weighted by Gasteiger charge is -2.05. The first kappa shape index (κ1) is 12.8. The highest BCUT2D eigenvalue weighted by Crippen LogP contribution is 1.89. The third-order valence-electron chi connectivity index (χ3n) is 0.859. The van der Waals surface area contributed by atoms with E-state index in [1.165, 1.54) is 0 Å². The van der Waals surface area contributed by atoms with E-state index in [1.807, 2.05) is 20.3 Å². The Hall–Kier alpha value is 0.137. The highest BCUT2D eigenvalue weighted by molar-refractivity contribution is 6.44. The van der Waals surface area contributed by atoms with Gasteiger partial charge in [-0.15, -0.1) is 0 Å². The molecule has 63 valence electrons. The SMILES string of the molecule is CC[SiH](OC)OC.C[CH]C. The molecule has 0 heterocycles. The van der Waals surface area contributed by atoms with Gasteiger partial charge in [-0.25, -0.2) is 0 Å². The molecule has 10 heavy (non-hydrogen) atoms. The highest BCUT2D eigenvalue weighted by atomic mass is 28.3. The molecule has 0 aromatic rings. The Morgan fingerprint density at radius 2 is 1.50 bits per heavy atom. The number of hydrogen-bond acceptors (Lipinski definition) is 2. The van der Waals surface area contributed by atoms with Crippen molar-refractivity contribution in [1.82, 2.24) is 0 Å². The first-order valence-electron chi connectivity index (χ1n) is 3.56. The van der Waals surface area contributed by atoms with Gasteiger partial charge in [0.1, 0.15) is 0 Å². The molecule has 0 aliphatic heterocycles. The fourth-order valence-electron chi connectivity index (χ4n) is 0.430. The lowest BCUT2D eigenvalue weighted by molar-refractivity contribution is 0.279. The van der Waals surface area contributed by atoms with Crippen LogP contribution in [0.25, 0.3) is 0 Å². The lowest BCUT2D eigenvalue weighted by Crippen LogP contribution is -2.16. The Balaban J connectivity index is 0. The molecule has 0 amide bonds. The highest BCUT2D eigenvalue weighted by Gasteiger charge is 2.02. The molecule has 0 bridgehead atoms. The molecule has 0 aromatic carbocycles. The first-order valence-corrected chi connectivity index (χ1v) is 5.32. The van der Waals surface area contributed by atoms with E-state index >= 15 is 0 Å². The second-order valence-electron chi connectivity index (χ2n) is 1.89. The zero-order valence-corrected chi connectivity index (χ0v) is 8.83. The van der Waals surface area contributed by atoms with E-state index in [9.17, 15) is 0 Å². The van der Waals surface area contributed by atoms with Gasteiger partial charge in [0.05, 0.1) is 0 Å². The predicted octanol–water partition coefficient (Wildman–Crippen LogP) is 1.75. The lowest BCUT2D eigenvalue weighted by atomic mass is 10.6. The molecule has 0 aliphatic rings. The summed E-state index contributed by atoms with van der Waals surface area (Å²) in [7, 11) is 2.23. The van der Waals surface area contributed by atoms with E-state index in [0.717, 1.165) is 6.04 Å². The van der Waals surface area contributed by atoms with Crippen molar-refractivity contribution in [3.63, 3.8) is 0 Å². The average molecular weight is 163 g/mol. The van der Waals surface area contributed by atoms with Crippen LogP contribution in [0.3, 0.4) is 0 Å². The number of hydrogen-bond donors (Lipinski definition) is 0. The topological polar surface area (TPSA) is 18.5 Å². The maximum atomic E-state index is 4.97. The maximum Gasteiger partial charge on any atom is 0.320 e. The Labute approximate surface area is 66.4 Å². The molecule has 1 radical (unpaired) electrons. The molecule has 0 rings (SSSR count). The van der Waals surface area contributed by atoms with Gasteiger partial charge in [-0.3, -0.25) is 0 Å². The molecule has 0 fully saturated rings. The largest absolute Gasteiger partial charge is 0.400 e. The molecule has 2 nitrogen and oxygen atoms in total. The van der Waals surface area contributed by atoms with Crippen LogP contribution in [0.5, 0.6) is 0 Å². The zero-order valence-electron chi connectivity index (χ0n) is 7.68. The number of rotatable bonds is 3. The summed E-state index contributed by atoms with van der Waals surface area (Å²) in [5, 5.41) is 0. The van der Waals surface area contributed by atoms with Crippen LogP contribution in [0, 0.1) is 6.42 Å². The summed E-state index contributed by atoms with van der Waals surface area (Å²) in [4.78, 5) is 0. The Morgan fingerprint density at radius 3 is 1.50 bits per heavy atom. The van der Waals surface area contributed by atoms with Gasteiger partial charge < -0.3 is 8.85 Å². The maximum absolute atomic E-state index is 4.97. The van der Waals surface area contributed by atoms with Crippen molar-refractivity contribution in [2.45, 2.75) is 26.8 Å². The van der Waals surface area contributed by atoms with Crippen LogP contribution >= 0.6 is 0 Å². The molecular weight excluding hydrogens is 144 g/mol. The Kier molecular flexibility index (Phi) is 15.2. The molecule has 0 saturated heterocycles. The predicted molar refractivity (Wildman–Crippen MR) is 47.3 cm³/mol. The normalized spacial score (nSPS) is 9.00. The van der Waals surface area contributed by atoms with Crippen LogP contribution in [-0.2, 0) is 8.85 Å². The third-order valence-corrected chi connectivity index (χ3v) is 2.58. The van der Waals surface area contributed by atoms with Crippen molar-refractivity contribution in [2.75, 3.05) is 14.2 Å². The van der Waals surface area contributed by atoms with Crippen molar-refractivity contribution in [3.05, 3.63) is 6.42 Å². The van der Waals surface area contributed by atoms with Crippen LogP contribution < -0.4 is 0 Å². The van der Waals surface area contributed by atoms with Gasteiger partial charge in [-0.1, -0.05) is 20.8 Å². The minimum atomic E-state index is -1.17. The average Bonchev–Trinajstić information content (AvgIpc) is 1.93. The van der Waals surface area contributed by atoms with Crippen LogP contribution in [0.15, 0.2) is 0 Å². The fraction of sp³-hybridized carbons (Fsp3) is 0.857.